The molecule has 0 spiro atoms. The fourth-order valence-electron chi connectivity index (χ4n) is 3.70. The maximum absolute atomic E-state index is 12.0. The Balaban J connectivity index is 1.49. The molecule has 162 valence electrons. The number of carbonyl (C=O) groups is 2. The fourth-order valence-corrected chi connectivity index (χ4v) is 4.01. The number of hydrogen-bond donors (Lipinski definition) is 2. The van der Waals surface area contributed by atoms with Crippen molar-refractivity contribution in [3.63, 3.8) is 0 Å². The minimum atomic E-state index is -0.144. The first-order valence-corrected chi connectivity index (χ1v) is 11.2. The Morgan fingerprint density at radius 1 is 1.19 bits per heavy atom. The molecule has 1 aliphatic rings. The van der Waals surface area contributed by atoms with Gasteiger partial charge in [-0.15, -0.1) is 5.10 Å². The summed E-state index contributed by atoms with van der Waals surface area (Å²) in [4.78, 5) is 30.6. The summed E-state index contributed by atoms with van der Waals surface area (Å²) >= 11 is 1.82. The zero-order chi connectivity index (χ0) is 21.8. The molecule has 4 rings (SSSR count). The lowest BCUT2D eigenvalue weighted by Gasteiger charge is -2.32. The smallest absolute Gasteiger partial charge is 0.309 e. The topological polar surface area (TPSA) is 101 Å². The number of halogens is 1. The molecule has 0 radical (unpaired) electrons. The molecule has 1 fully saturated rings. The molecule has 3 aromatic rings. The number of hydrogen-bond acceptors (Lipinski definition) is 7. The lowest BCUT2D eigenvalue weighted by molar-refractivity contribution is -0.148. The Hall–Kier alpha value is -2.89. The number of pyridine rings is 1. The first-order chi connectivity index (χ1) is 15.1. The average Bonchev–Trinajstić information content (AvgIpc) is 3.22. The molecule has 1 aromatic carbocycles. The van der Waals surface area contributed by atoms with E-state index in [1.807, 2.05) is 60.3 Å². The summed E-state index contributed by atoms with van der Waals surface area (Å²) in [6, 6.07) is 11.1. The molecule has 0 saturated carbocycles. The van der Waals surface area contributed by atoms with Crippen LogP contribution in [0.25, 0.3) is 5.65 Å². The number of carbonyl (C=O) groups excluding carboxylic acids is 2. The van der Waals surface area contributed by atoms with Crippen molar-refractivity contribution >= 4 is 57.7 Å². The minimum absolute atomic E-state index is 0.0386. The third-order valence-corrected chi connectivity index (χ3v) is 5.78. The summed E-state index contributed by atoms with van der Waals surface area (Å²) in [5, 5.41) is 7.71. The van der Waals surface area contributed by atoms with Crippen LogP contribution in [0.4, 0.5) is 17.3 Å². The van der Waals surface area contributed by atoms with Gasteiger partial charge in [0.25, 0.3) is 5.91 Å². The van der Waals surface area contributed by atoms with Crippen LogP contribution < -0.4 is 13.7 Å². The van der Waals surface area contributed by atoms with E-state index in [1.54, 1.807) is 16.6 Å². The van der Waals surface area contributed by atoms with Gasteiger partial charge in [0, 0.05) is 30.5 Å². The highest BCUT2D eigenvalue weighted by molar-refractivity contribution is 14.1. The zero-order valence-electron chi connectivity index (χ0n) is 17.0. The minimum Gasteiger partial charge on any atom is -0.466 e. The number of benzene rings is 1. The fraction of sp³-hybridized carbons (Fsp3) is 0.333. The molecule has 1 aliphatic heterocycles. The van der Waals surface area contributed by atoms with Crippen LogP contribution in [-0.2, 0) is 9.53 Å². The Bertz CT molecular complexity index is 1080. The summed E-state index contributed by atoms with van der Waals surface area (Å²) in [5.41, 5.74) is 3.11. The van der Waals surface area contributed by atoms with E-state index >= 15 is 0 Å². The van der Waals surface area contributed by atoms with Gasteiger partial charge in [0.1, 0.15) is 0 Å². The molecule has 0 bridgehead atoms. The van der Waals surface area contributed by atoms with Gasteiger partial charge >= 0.3 is 5.97 Å². The molecule has 3 heterocycles. The van der Waals surface area contributed by atoms with E-state index in [2.05, 4.69) is 23.8 Å². The van der Waals surface area contributed by atoms with Crippen LogP contribution >= 0.6 is 22.9 Å². The van der Waals surface area contributed by atoms with E-state index in [0.29, 0.717) is 18.1 Å². The van der Waals surface area contributed by atoms with E-state index in [-0.39, 0.29) is 17.8 Å². The number of esters is 1. The first kappa shape index (κ1) is 21.3. The molecule has 0 atom stereocenters. The monoisotopic (exact) mass is 534 g/mol. The number of piperidine rings is 1. The molecule has 1 saturated heterocycles. The van der Waals surface area contributed by atoms with Gasteiger partial charge in [-0.25, -0.2) is 4.52 Å². The molecule has 1 amide bonds. The molecule has 9 nitrogen and oxygen atoms in total. The quantitative estimate of drug-likeness (QED) is 0.284. The van der Waals surface area contributed by atoms with Crippen molar-refractivity contribution < 1.29 is 14.3 Å². The van der Waals surface area contributed by atoms with Gasteiger partial charge in [0.05, 0.1) is 41.1 Å². The highest BCUT2D eigenvalue weighted by Gasteiger charge is 2.27. The van der Waals surface area contributed by atoms with Crippen LogP contribution in [0.2, 0.25) is 0 Å². The third kappa shape index (κ3) is 4.73. The molecular weight excluding hydrogens is 511 g/mol. The van der Waals surface area contributed by atoms with Crippen LogP contribution in [0.15, 0.2) is 42.6 Å². The Morgan fingerprint density at radius 2 is 1.94 bits per heavy atom. The second-order valence-electron chi connectivity index (χ2n) is 7.24. The van der Waals surface area contributed by atoms with Gasteiger partial charge < -0.3 is 15.0 Å². The molecular formula is C21H23IN6O3. The van der Waals surface area contributed by atoms with Gasteiger partial charge in [-0.1, -0.05) is 0 Å². The SMILES string of the molecule is CCOC(=O)C1CCN(c2cccn3nc(Nc4ccc(C(=O)NI)cc4)nc23)CC1. The van der Waals surface area contributed by atoms with E-state index in [1.165, 1.54) is 0 Å². The maximum Gasteiger partial charge on any atom is 0.309 e. The summed E-state index contributed by atoms with van der Waals surface area (Å²) in [6.07, 6.45) is 3.38. The molecule has 2 N–H and O–H groups in total. The normalized spacial score (nSPS) is 14.5. The lowest BCUT2D eigenvalue weighted by atomic mass is 9.97. The lowest BCUT2D eigenvalue weighted by Crippen LogP contribution is -2.37. The number of rotatable bonds is 6. The number of fused-ring (bicyclic) bond motifs is 1. The van der Waals surface area contributed by atoms with Crippen LogP contribution in [0.3, 0.4) is 0 Å². The van der Waals surface area contributed by atoms with Crippen LogP contribution in [-0.4, -0.2) is 46.2 Å². The highest BCUT2D eigenvalue weighted by atomic mass is 127. The van der Waals surface area contributed by atoms with Crippen molar-refractivity contribution in [2.45, 2.75) is 19.8 Å². The van der Waals surface area contributed by atoms with Crippen LogP contribution in [0.5, 0.6) is 0 Å². The van der Waals surface area contributed by atoms with Gasteiger partial charge in [-0.3, -0.25) is 13.1 Å². The van der Waals surface area contributed by atoms with E-state index < -0.39 is 0 Å². The maximum atomic E-state index is 12.0. The Morgan fingerprint density at radius 3 is 2.61 bits per heavy atom. The second-order valence-corrected chi connectivity index (χ2v) is 7.78. The van der Waals surface area contributed by atoms with Crippen molar-refractivity contribution in [2.75, 3.05) is 29.9 Å². The number of anilines is 3. The van der Waals surface area contributed by atoms with Gasteiger partial charge in [0.2, 0.25) is 5.95 Å². The van der Waals surface area contributed by atoms with Crippen LogP contribution in [0.1, 0.15) is 30.1 Å². The van der Waals surface area contributed by atoms with E-state index in [9.17, 15) is 9.59 Å². The van der Waals surface area contributed by atoms with Crippen molar-refractivity contribution in [1.82, 2.24) is 18.1 Å². The molecule has 10 heteroatoms. The largest absolute Gasteiger partial charge is 0.466 e. The second kappa shape index (κ2) is 9.50. The van der Waals surface area contributed by atoms with E-state index in [4.69, 9.17) is 4.74 Å². The van der Waals surface area contributed by atoms with Crippen LogP contribution in [0, 0.1) is 5.92 Å². The van der Waals surface area contributed by atoms with Gasteiger partial charge in [-0.2, -0.15) is 4.98 Å². The van der Waals surface area contributed by atoms with Crippen molar-refractivity contribution in [2.24, 2.45) is 5.92 Å². The number of ether oxygens (including phenoxy) is 1. The summed E-state index contributed by atoms with van der Waals surface area (Å²) < 4.78 is 9.48. The predicted octanol–water partition coefficient (Wildman–Crippen LogP) is 3.33. The third-order valence-electron chi connectivity index (χ3n) is 5.29. The van der Waals surface area contributed by atoms with Gasteiger partial charge in [-0.05, 0) is 56.2 Å². The zero-order valence-corrected chi connectivity index (χ0v) is 19.2. The highest BCUT2D eigenvalue weighted by Crippen LogP contribution is 2.28. The summed E-state index contributed by atoms with van der Waals surface area (Å²) in [7, 11) is 0. The number of nitrogens with zero attached hydrogens (tertiary/aromatic N) is 4. The first-order valence-electron chi connectivity index (χ1n) is 10.1. The molecule has 0 aliphatic carbocycles. The predicted molar refractivity (Wildman–Crippen MR) is 126 cm³/mol. The van der Waals surface area contributed by atoms with Crippen molar-refractivity contribution in [3.05, 3.63) is 48.2 Å². The van der Waals surface area contributed by atoms with Crippen molar-refractivity contribution in [3.8, 4) is 0 Å². The van der Waals surface area contributed by atoms with Gasteiger partial charge in [0.15, 0.2) is 5.65 Å². The Kier molecular flexibility index (Phi) is 6.54. The Labute approximate surface area is 193 Å². The molecule has 0 unspecified atom stereocenters. The van der Waals surface area contributed by atoms with E-state index in [0.717, 1.165) is 43.0 Å². The summed E-state index contributed by atoms with van der Waals surface area (Å²) in [5.74, 6) is 0.189. The molecule has 2 aromatic heterocycles. The average molecular weight is 534 g/mol. The number of amides is 1. The number of nitrogens with one attached hydrogen (secondary N) is 2. The number of aromatic nitrogens is 3. The standard InChI is InChI=1S/C21H23IN6O3/c1-2-31-20(30)15-9-12-27(13-10-15)17-4-3-11-28-18(17)24-21(26-28)23-16-7-5-14(6-8-16)19(29)25-22/h3-8,11,15H,2,9-10,12-13H2,1H3,(H,23,26)(H,25,29). The van der Waals surface area contributed by atoms with Crippen molar-refractivity contribution in [1.29, 1.82) is 0 Å². The summed E-state index contributed by atoms with van der Waals surface area (Å²) in [6.45, 7) is 3.78. The molecule has 31 heavy (non-hydrogen) atoms.